The molecule has 0 aliphatic heterocycles. The Labute approximate surface area is 108 Å². The number of hydrogen-bond donors (Lipinski definition) is 1. The van der Waals surface area contributed by atoms with Crippen LogP contribution in [0.25, 0.3) is 10.8 Å². The predicted octanol–water partition coefficient (Wildman–Crippen LogP) is 2.48. The van der Waals surface area contributed by atoms with Gasteiger partial charge >= 0.3 is 0 Å². The first-order valence-electron chi connectivity index (χ1n) is 6.03. The maximum Gasteiger partial charge on any atom is 0.178 e. The molecule has 0 aromatic heterocycles. The molecule has 2 aromatic rings. The monoisotopic (exact) mass is 263 g/mol. The van der Waals surface area contributed by atoms with Gasteiger partial charge < -0.3 is 5.73 Å². The third kappa shape index (κ3) is 2.26. The van der Waals surface area contributed by atoms with Crippen molar-refractivity contribution in [1.29, 1.82) is 0 Å². The third-order valence-corrected chi connectivity index (χ3v) is 4.97. The largest absolute Gasteiger partial charge is 0.326 e. The third-order valence-electron chi connectivity index (χ3n) is 3.00. The highest BCUT2D eigenvalue weighted by molar-refractivity contribution is 7.91. The summed E-state index contributed by atoms with van der Waals surface area (Å²) in [5, 5.41) is 1.70. The molecule has 2 aromatic carbocycles. The fourth-order valence-corrected chi connectivity index (χ4v) is 3.71. The Morgan fingerprint density at radius 3 is 2.33 bits per heavy atom. The fourth-order valence-electron chi connectivity index (χ4n) is 2.16. The van der Waals surface area contributed by atoms with E-state index in [1.807, 2.05) is 37.3 Å². The molecule has 18 heavy (non-hydrogen) atoms. The molecule has 0 atom stereocenters. The molecule has 96 valence electrons. The van der Waals surface area contributed by atoms with Gasteiger partial charge in [-0.3, -0.25) is 0 Å². The summed E-state index contributed by atoms with van der Waals surface area (Å²) >= 11 is 0. The van der Waals surface area contributed by atoms with Crippen molar-refractivity contribution in [1.82, 2.24) is 0 Å². The van der Waals surface area contributed by atoms with E-state index in [2.05, 4.69) is 0 Å². The topological polar surface area (TPSA) is 60.2 Å². The van der Waals surface area contributed by atoms with Crippen molar-refractivity contribution in [3.05, 3.63) is 42.0 Å². The molecule has 0 amide bonds. The molecule has 0 saturated carbocycles. The van der Waals surface area contributed by atoms with E-state index in [-0.39, 0.29) is 5.75 Å². The van der Waals surface area contributed by atoms with Gasteiger partial charge in [-0.2, -0.15) is 0 Å². The van der Waals surface area contributed by atoms with Crippen molar-refractivity contribution in [3.63, 3.8) is 0 Å². The normalized spacial score (nSPS) is 11.9. The van der Waals surface area contributed by atoms with Crippen molar-refractivity contribution < 1.29 is 8.42 Å². The van der Waals surface area contributed by atoms with E-state index in [1.54, 1.807) is 6.07 Å². The van der Waals surface area contributed by atoms with E-state index in [0.717, 1.165) is 16.3 Å². The highest BCUT2D eigenvalue weighted by Crippen LogP contribution is 2.27. The summed E-state index contributed by atoms with van der Waals surface area (Å²) < 4.78 is 24.4. The Morgan fingerprint density at radius 1 is 1.06 bits per heavy atom. The van der Waals surface area contributed by atoms with Crippen molar-refractivity contribution in [2.24, 2.45) is 5.73 Å². The molecule has 4 heteroatoms. The minimum absolute atomic E-state index is 0.180. The van der Waals surface area contributed by atoms with Crippen LogP contribution in [-0.2, 0) is 16.4 Å². The fraction of sp³-hybridized carbons (Fsp3) is 0.286. The molecule has 3 nitrogen and oxygen atoms in total. The van der Waals surface area contributed by atoms with Crippen molar-refractivity contribution in [3.8, 4) is 0 Å². The lowest BCUT2D eigenvalue weighted by Crippen LogP contribution is -2.07. The van der Waals surface area contributed by atoms with Crippen molar-refractivity contribution >= 4 is 20.6 Å². The summed E-state index contributed by atoms with van der Waals surface area (Å²) in [6.45, 7) is 2.28. The van der Waals surface area contributed by atoms with Gasteiger partial charge in [0.2, 0.25) is 0 Å². The highest BCUT2D eigenvalue weighted by atomic mass is 32.2. The van der Waals surface area contributed by atoms with Crippen molar-refractivity contribution in [2.45, 2.75) is 24.8 Å². The zero-order valence-electron chi connectivity index (χ0n) is 10.4. The summed E-state index contributed by atoms with van der Waals surface area (Å²) in [7, 11) is -3.20. The maximum atomic E-state index is 12.2. The van der Waals surface area contributed by atoms with Gasteiger partial charge in [-0.1, -0.05) is 37.3 Å². The summed E-state index contributed by atoms with van der Waals surface area (Å²) in [5.74, 6) is 0.180. The lowest BCUT2D eigenvalue weighted by molar-refractivity contribution is 0.595. The van der Waals surface area contributed by atoms with E-state index >= 15 is 0 Å². The van der Waals surface area contributed by atoms with Crippen LogP contribution in [0.15, 0.2) is 41.3 Å². The molecule has 0 aliphatic rings. The first-order chi connectivity index (χ1) is 8.60. The summed E-state index contributed by atoms with van der Waals surface area (Å²) in [6, 6.07) is 11.0. The standard InChI is InChI=1S/C14H17NO2S/c1-2-9-18(16,17)14-8-7-11(10-15)12-5-3-4-6-13(12)14/h3-8H,2,9-10,15H2,1H3. The predicted molar refractivity (Wildman–Crippen MR) is 74.2 cm³/mol. The first kappa shape index (κ1) is 13.1. The molecule has 0 heterocycles. The van der Waals surface area contributed by atoms with Gasteiger partial charge in [0.1, 0.15) is 0 Å². The zero-order chi connectivity index (χ0) is 13.2. The minimum Gasteiger partial charge on any atom is -0.326 e. The van der Waals surface area contributed by atoms with Crippen LogP contribution in [0.2, 0.25) is 0 Å². The second-order valence-electron chi connectivity index (χ2n) is 4.29. The molecule has 2 rings (SSSR count). The SMILES string of the molecule is CCCS(=O)(=O)c1ccc(CN)c2ccccc12. The van der Waals surface area contributed by atoms with Crippen LogP contribution in [0.5, 0.6) is 0 Å². The van der Waals surface area contributed by atoms with Crippen LogP contribution in [0.4, 0.5) is 0 Å². The first-order valence-corrected chi connectivity index (χ1v) is 7.69. The number of nitrogens with two attached hydrogens (primary N) is 1. The van der Waals surface area contributed by atoms with Crippen LogP contribution >= 0.6 is 0 Å². The van der Waals surface area contributed by atoms with Crippen LogP contribution in [0.3, 0.4) is 0 Å². The molecule has 0 saturated heterocycles. The maximum absolute atomic E-state index is 12.2. The van der Waals surface area contributed by atoms with E-state index in [1.165, 1.54) is 0 Å². The average Bonchev–Trinajstić information content (AvgIpc) is 2.37. The smallest absolute Gasteiger partial charge is 0.178 e. The number of sulfone groups is 1. The Hall–Kier alpha value is -1.39. The summed E-state index contributed by atoms with van der Waals surface area (Å²) in [4.78, 5) is 0.414. The Kier molecular flexibility index (Phi) is 3.68. The quantitative estimate of drug-likeness (QED) is 0.922. The Morgan fingerprint density at radius 2 is 1.72 bits per heavy atom. The van der Waals surface area contributed by atoms with Crippen LogP contribution in [0.1, 0.15) is 18.9 Å². The molecular formula is C14H17NO2S. The van der Waals surface area contributed by atoms with Gasteiger partial charge in [-0.15, -0.1) is 0 Å². The zero-order valence-corrected chi connectivity index (χ0v) is 11.2. The number of benzene rings is 2. The van der Waals surface area contributed by atoms with Crippen molar-refractivity contribution in [2.75, 3.05) is 5.75 Å². The van der Waals surface area contributed by atoms with E-state index in [9.17, 15) is 8.42 Å². The average molecular weight is 263 g/mol. The van der Waals surface area contributed by atoms with Gasteiger partial charge in [0.25, 0.3) is 0 Å². The van der Waals surface area contributed by atoms with Gasteiger partial charge in [0.05, 0.1) is 10.6 Å². The lowest BCUT2D eigenvalue weighted by Gasteiger charge is -2.10. The molecule has 0 spiro atoms. The van der Waals surface area contributed by atoms with E-state index in [0.29, 0.717) is 17.9 Å². The minimum atomic E-state index is -3.20. The molecular weight excluding hydrogens is 246 g/mol. The summed E-state index contributed by atoms with van der Waals surface area (Å²) in [6.07, 6.45) is 0.620. The molecule has 0 aliphatic carbocycles. The van der Waals surface area contributed by atoms with E-state index < -0.39 is 9.84 Å². The second kappa shape index (κ2) is 5.08. The number of fused-ring (bicyclic) bond motifs is 1. The molecule has 0 fully saturated rings. The van der Waals surface area contributed by atoms with Gasteiger partial charge in [0, 0.05) is 11.9 Å². The van der Waals surface area contributed by atoms with Gasteiger partial charge in [0.15, 0.2) is 9.84 Å². The van der Waals surface area contributed by atoms with Crippen LogP contribution in [-0.4, -0.2) is 14.2 Å². The van der Waals surface area contributed by atoms with Gasteiger partial charge in [-0.05, 0) is 23.4 Å². The van der Waals surface area contributed by atoms with Gasteiger partial charge in [-0.25, -0.2) is 8.42 Å². The molecule has 0 bridgehead atoms. The Bertz CT molecular complexity index is 663. The number of hydrogen-bond acceptors (Lipinski definition) is 3. The summed E-state index contributed by atoms with van der Waals surface area (Å²) in [5.41, 5.74) is 6.66. The highest BCUT2D eigenvalue weighted by Gasteiger charge is 2.17. The van der Waals surface area contributed by atoms with Crippen LogP contribution in [0, 0.1) is 0 Å². The van der Waals surface area contributed by atoms with Crippen LogP contribution < -0.4 is 5.73 Å². The van der Waals surface area contributed by atoms with E-state index in [4.69, 9.17) is 5.73 Å². The molecule has 0 unspecified atom stereocenters. The molecule has 2 N–H and O–H groups in total. The molecule has 0 radical (unpaired) electrons. The Balaban J connectivity index is 2.75. The lowest BCUT2D eigenvalue weighted by atomic mass is 10.0. The number of rotatable bonds is 4. The second-order valence-corrected chi connectivity index (χ2v) is 6.37.